The Balaban J connectivity index is 2.26. The molecule has 0 amide bonds. The van der Waals surface area contributed by atoms with Crippen LogP contribution in [0.5, 0.6) is 5.75 Å². The van der Waals surface area contributed by atoms with Crippen LogP contribution in [0.25, 0.3) is 0 Å². The van der Waals surface area contributed by atoms with Crippen molar-refractivity contribution < 1.29 is 36.6 Å². The summed E-state index contributed by atoms with van der Waals surface area (Å²) in [5, 5.41) is 9.90. The average molecular weight is 324 g/mol. The fraction of sp³-hybridized carbons (Fsp3) is 0.0833. The van der Waals surface area contributed by atoms with Gasteiger partial charge in [-0.1, -0.05) is 0 Å². The van der Waals surface area contributed by atoms with E-state index < -0.39 is 47.2 Å². The number of ether oxygens (including phenoxy) is 1. The van der Waals surface area contributed by atoms with Gasteiger partial charge in [-0.3, -0.25) is 0 Å². The van der Waals surface area contributed by atoms with Gasteiger partial charge in [0.05, 0.1) is 5.56 Å². The van der Waals surface area contributed by atoms with Gasteiger partial charge in [0.1, 0.15) is 17.2 Å². The second-order valence-corrected chi connectivity index (χ2v) is 4.70. The van der Waals surface area contributed by atoms with Crippen molar-refractivity contribution in [3.8, 4) is 5.75 Å². The molecule has 0 aliphatic rings. The average Bonchev–Trinajstić information content (AvgIpc) is 2.92. The van der Waals surface area contributed by atoms with Crippen LogP contribution in [0.2, 0.25) is 0 Å². The van der Waals surface area contributed by atoms with E-state index in [1.165, 1.54) is 5.38 Å². The van der Waals surface area contributed by atoms with Crippen LogP contribution in [-0.2, 0) is 6.61 Å². The van der Waals surface area contributed by atoms with E-state index in [2.05, 4.69) is 0 Å². The summed E-state index contributed by atoms with van der Waals surface area (Å²) >= 11 is 0.790. The molecule has 0 aliphatic carbocycles. The van der Waals surface area contributed by atoms with E-state index in [1.54, 1.807) is 0 Å². The first-order valence-electron chi connectivity index (χ1n) is 5.27. The van der Waals surface area contributed by atoms with Crippen molar-refractivity contribution >= 4 is 17.3 Å². The van der Waals surface area contributed by atoms with E-state index in [0.717, 1.165) is 17.4 Å². The molecule has 112 valence electrons. The highest BCUT2D eigenvalue weighted by Gasteiger charge is 2.26. The lowest BCUT2D eigenvalue weighted by atomic mass is 10.2. The number of hydrogen-bond acceptors (Lipinski definition) is 3. The molecule has 0 radical (unpaired) electrons. The zero-order valence-electron chi connectivity index (χ0n) is 9.92. The monoisotopic (exact) mass is 324 g/mol. The van der Waals surface area contributed by atoms with E-state index in [9.17, 15) is 26.7 Å². The molecule has 0 saturated heterocycles. The maximum atomic E-state index is 13.3. The number of thiophene rings is 1. The highest BCUT2D eigenvalue weighted by Crippen LogP contribution is 2.26. The molecule has 0 atom stereocenters. The zero-order chi connectivity index (χ0) is 15.7. The van der Waals surface area contributed by atoms with Crippen LogP contribution in [0.15, 0.2) is 11.4 Å². The van der Waals surface area contributed by atoms with Crippen LogP contribution in [0.1, 0.15) is 15.2 Å². The van der Waals surface area contributed by atoms with E-state index in [1.807, 2.05) is 0 Å². The molecule has 21 heavy (non-hydrogen) atoms. The van der Waals surface area contributed by atoms with Crippen molar-refractivity contribution in [2.45, 2.75) is 6.61 Å². The number of carboxylic acids is 1. The molecule has 1 aromatic heterocycles. The van der Waals surface area contributed by atoms with E-state index in [-0.39, 0.29) is 10.6 Å². The lowest BCUT2D eigenvalue weighted by Gasteiger charge is -2.08. The summed E-state index contributed by atoms with van der Waals surface area (Å²) in [5.74, 6) is -11.6. The third-order valence-electron chi connectivity index (χ3n) is 2.47. The minimum absolute atomic E-state index is 0.0543. The third-order valence-corrected chi connectivity index (χ3v) is 3.37. The number of rotatable bonds is 4. The first kappa shape index (κ1) is 15.2. The van der Waals surface area contributed by atoms with Gasteiger partial charge in [-0.15, -0.1) is 11.3 Å². The highest BCUT2D eigenvalue weighted by atomic mass is 32.1. The van der Waals surface area contributed by atoms with Gasteiger partial charge in [0.15, 0.2) is 23.3 Å². The molecule has 1 N–H and O–H groups in total. The van der Waals surface area contributed by atoms with E-state index in [0.29, 0.717) is 0 Å². The molecular weight excluding hydrogens is 319 g/mol. The Morgan fingerprint density at radius 2 is 1.57 bits per heavy atom. The quantitative estimate of drug-likeness (QED) is 0.530. The van der Waals surface area contributed by atoms with Crippen LogP contribution >= 0.6 is 11.3 Å². The maximum Gasteiger partial charge on any atom is 0.346 e. The predicted molar refractivity (Wildman–Crippen MR) is 61.8 cm³/mol. The molecule has 2 rings (SSSR count). The molecule has 2 aromatic rings. The van der Waals surface area contributed by atoms with Gasteiger partial charge in [0, 0.05) is 11.4 Å². The smallest absolute Gasteiger partial charge is 0.346 e. The summed E-state index contributed by atoms with van der Waals surface area (Å²) in [6.07, 6.45) is 0. The van der Waals surface area contributed by atoms with E-state index >= 15 is 0 Å². The molecular formula is C12H5F5O3S. The second kappa shape index (κ2) is 5.68. The number of carbonyl (C=O) groups is 1. The molecule has 0 spiro atoms. The van der Waals surface area contributed by atoms with Crippen molar-refractivity contribution in [2.75, 3.05) is 0 Å². The van der Waals surface area contributed by atoms with Gasteiger partial charge >= 0.3 is 5.97 Å². The van der Waals surface area contributed by atoms with Crippen molar-refractivity contribution in [3.63, 3.8) is 0 Å². The predicted octanol–water partition coefficient (Wildman–Crippen LogP) is 3.72. The van der Waals surface area contributed by atoms with Crippen molar-refractivity contribution in [2.24, 2.45) is 0 Å². The Labute approximate surface area is 118 Å². The molecule has 0 bridgehead atoms. The number of hydrogen-bond donors (Lipinski definition) is 1. The highest BCUT2D eigenvalue weighted by molar-refractivity contribution is 7.12. The molecule has 1 heterocycles. The minimum atomic E-state index is -2.25. The van der Waals surface area contributed by atoms with Crippen LogP contribution < -0.4 is 4.74 Å². The molecule has 3 nitrogen and oxygen atoms in total. The van der Waals surface area contributed by atoms with Gasteiger partial charge in [0.25, 0.3) is 0 Å². The van der Waals surface area contributed by atoms with Gasteiger partial charge in [-0.25, -0.2) is 26.7 Å². The molecule has 9 heteroatoms. The number of benzene rings is 1. The van der Waals surface area contributed by atoms with Gasteiger partial charge in [0.2, 0.25) is 5.82 Å². The van der Waals surface area contributed by atoms with Gasteiger partial charge < -0.3 is 9.84 Å². The van der Waals surface area contributed by atoms with Gasteiger partial charge in [-0.05, 0) is 0 Å². The summed E-state index contributed by atoms with van der Waals surface area (Å²) < 4.78 is 70.3. The molecule has 0 unspecified atom stereocenters. The number of aromatic carboxylic acids is 1. The summed E-state index contributed by atoms with van der Waals surface area (Å²) in [6, 6.07) is 1.07. The summed E-state index contributed by atoms with van der Waals surface area (Å²) in [6.45, 7) is -0.929. The Hall–Kier alpha value is -2.16. The largest absolute Gasteiger partial charge is 0.488 e. The van der Waals surface area contributed by atoms with Crippen LogP contribution in [0.3, 0.4) is 0 Å². The second-order valence-electron chi connectivity index (χ2n) is 3.79. The summed E-state index contributed by atoms with van der Waals surface area (Å²) in [5.41, 5.74) is -1.13. The van der Waals surface area contributed by atoms with Crippen LogP contribution in [0.4, 0.5) is 22.0 Å². The van der Waals surface area contributed by atoms with Crippen LogP contribution in [-0.4, -0.2) is 11.1 Å². The Bertz CT molecular complexity index is 684. The van der Waals surface area contributed by atoms with Gasteiger partial charge in [-0.2, -0.15) is 0 Å². The SMILES string of the molecule is O=C(O)c1cc(OCc2c(F)c(F)c(F)c(F)c2F)cs1. The standard InChI is InChI=1S/C12H5F5O3S/c13-7-5(8(14)10(16)11(17)9(7)15)2-20-4-1-6(12(18)19)21-3-4/h1,3H,2H2,(H,18,19). The Kier molecular flexibility index (Phi) is 4.12. The van der Waals surface area contributed by atoms with Crippen molar-refractivity contribution in [3.05, 3.63) is 51.0 Å². The fourth-order valence-corrected chi connectivity index (χ4v) is 2.10. The number of halogens is 5. The van der Waals surface area contributed by atoms with Crippen molar-refractivity contribution in [1.82, 2.24) is 0 Å². The zero-order valence-corrected chi connectivity index (χ0v) is 10.7. The maximum absolute atomic E-state index is 13.3. The normalized spacial score (nSPS) is 10.7. The molecule has 0 fully saturated rings. The Morgan fingerprint density at radius 1 is 1.05 bits per heavy atom. The first-order chi connectivity index (χ1) is 9.82. The van der Waals surface area contributed by atoms with Crippen LogP contribution in [0, 0.1) is 29.1 Å². The Morgan fingerprint density at radius 3 is 2.05 bits per heavy atom. The number of carboxylic acid groups (broad SMARTS) is 1. The lowest BCUT2D eigenvalue weighted by molar-refractivity contribution is 0.0701. The summed E-state index contributed by atoms with van der Waals surface area (Å²) in [4.78, 5) is 10.5. The van der Waals surface area contributed by atoms with Crippen molar-refractivity contribution in [1.29, 1.82) is 0 Å². The third kappa shape index (κ3) is 2.82. The topological polar surface area (TPSA) is 46.5 Å². The minimum Gasteiger partial charge on any atom is -0.488 e. The molecule has 0 saturated carbocycles. The fourth-order valence-electron chi connectivity index (χ4n) is 1.44. The summed E-state index contributed by atoms with van der Waals surface area (Å²) in [7, 11) is 0. The molecule has 0 aliphatic heterocycles. The molecule has 1 aromatic carbocycles. The van der Waals surface area contributed by atoms with E-state index in [4.69, 9.17) is 9.84 Å². The lowest BCUT2D eigenvalue weighted by Crippen LogP contribution is -2.09. The first-order valence-corrected chi connectivity index (χ1v) is 6.15.